The Hall–Kier alpha value is -1.15. The first-order valence-electron chi connectivity index (χ1n) is 5.70. The molecular formula is C14H10F4IN. The van der Waals surface area contributed by atoms with Gasteiger partial charge in [0.15, 0.2) is 0 Å². The maximum atomic E-state index is 13.8. The summed E-state index contributed by atoms with van der Waals surface area (Å²) in [5.41, 5.74) is 0.220. The van der Waals surface area contributed by atoms with Crippen LogP contribution in [0.25, 0.3) is 0 Å². The van der Waals surface area contributed by atoms with Crippen LogP contribution in [0.2, 0.25) is 0 Å². The highest BCUT2D eigenvalue weighted by Crippen LogP contribution is 2.30. The van der Waals surface area contributed by atoms with E-state index in [4.69, 9.17) is 0 Å². The van der Waals surface area contributed by atoms with Gasteiger partial charge in [-0.15, -0.1) is 0 Å². The molecule has 0 amide bonds. The van der Waals surface area contributed by atoms with Gasteiger partial charge in [0.25, 0.3) is 0 Å². The Balaban J connectivity index is 2.58. The van der Waals surface area contributed by atoms with Gasteiger partial charge in [0.1, 0.15) is 23.3 Å². The molecular weight excluding hydrogens is 385 g/mol. The van der Waals surface area contributed by atoms with Crippen molar-refractivity contribution in [3.05, 3.63) is 68.3 Å². The fourth-order valence-corrected chi connectivity index (χ4v) is 2.81. The van der Waals surface area contributed by atoms with E-state index in [2.05, 4.69) is 5.32 Å². The quantitative estimate of drug-likeness (QED) is 0.608. The van der Waals surface area contributed by atoms with Crippen molar-refractivity contribution >= 4 is 22.6 Å². The summed E-state index contributed by atoms with van der Waals surface area (Å²) in [5, 5.41) is 2.77. The minimum absolute atomic E-state index is 0.293. The lowest BCUT2D eigenvalue weighted by Gasteiger charge is -2.20. The van der Waals surface area contributed by atoms with Gasteiger partial charge in [-0.05, 0) is 47.3 Å². The monoisotopic (exact) mass is 395 g/mol. The normalized spacial score (nSPS) is 12.5. The predicted molar refractivity (Wildman–Crippen MR) is 76.3 cm³/mol. The fraction of sp³-hybridized carbons (Fsp3) is 0.143. The molecule has 0 bridgehead atoms. The maximum Gasteiger partial charge on any atom is 0.134 e. The van der Waals surface area contributed by atoms with E-state index in [9.17, 15) is 17.6 Å². The SMILES string of the molecule is CNC(c1ccc(F)cc1I)c1c(F)cc(F)cc1F. The zero-order valence-corrected chi connectivity index (χ0v) is 12.5. The van der Waals surface area contributed by atoms with Crippen molar-refractivity contribution in [3.8, 4) is 0 Å². The average molecular weight is 395 g/mol. The third-order valence-corrected chi connectivity index (χ3v) is 3.83. The molecule has 1 unspecified atom stereocenters. The molecule has 2 aromatic carbocycles. The molecule has 0 saturated carbocycles. The number of halogens is 5. The number of benzene rings is 2. The molecule has 0 fully saturated rings. The third-order valence-electron chi connectivity index (χ3n) is 2.89. The van der Waals surface area contributed by atoms with Gasteiger partial charge in [-0.2, -0.15) is 0 Å². The molecule has 0 heterocycles. The molecule has 1 N–H and O–H groups in total. The first kappa shape index (κ1) is 15.2. The Morgan fingerprint density at radius 2 is 1.55 bits per heavy atom. The number of rotatable bonds is 3. The van der Waals surface area contributed by atoms with Crippen molar-refractivity contribution in [3.63, 3.8) is 0 Å². The molecule has 1 nitrogen and oxygen atoms in total. The average Bonchev–Trinajstić information content (AvgIpc) is 2.34. The summed E-state index contributed by atoms with van der Waals surface area (Å²) >= 11 is 1.88. The highest BCUT2D eigenvalue weighted by molar-refractivity contribution is 14.1. The molecule has 20 heavy (non-hydrogen) atoms. The van der Waals surface area contributed by atoms with Crippen molar-refractivity contribution in [1.29, 1.82) is 0 Å². The predicted octanol–water partition coefficient (Wildman–Crippen LogP) is 4.16. The van der Waals surface area contributed by atoms with Gasteiger partial charge in [-0.25, -0.2) is 17.6 Å². The Kier molecular flexibility index (Phi) is 4.64. The van der Waals surface area contributed by atoms with Crippen LogP contribution in [0.4, 0.5) is 17.6 Å². The highest BCUT2D eigenvalue weighted by atomic mass is 127. The fourth-order valence-electron chi connectivity index (χ4n) is 2.02. The Bertz CT molecular complexity index is 622. The summed E-state index contributed by atoms with van der Waals surface area (Å²) in [6.45, 7) is 0. The Labute approximate surface area is 127 Å². The first-order valence-corrected chi connectivity index (χ1v) is 6.78. The van der Waals surface area contributed by atoms with Gasteiger partial charge in [0, 0.05) is 21.3 Å². The third kappa shape index (κ3) is 2.95. The molecule has 0 aromatic heterocycles. The van der Waals surface area contributed by atoms with Gasteiger partial charge >= 0.3 is 0 Å². The van der Waals surface area contributed by atoms with Crippen LogP contribution < -0.4 is 5.32 Å². The van der Waals surface area contributed by atoms with Crippen LogP contribution >= 0.6 is 22.6 Å². The van der Waals surface area contributed by atoms with Gasteiger partial charge in [-0.1, -0.05) is 6.07 Å². The maximum absolute atomic E-state index is 13.8. The molecule has 2 aromatic rings. The number of nitrogens with one attached hydrogen (secondary N) is 1. The van der Waals surface area contributed by atoms with Crippen molar-refractivity contribution in [2.24, 2.45) is 0 Å². The van der Waals surface area contributed by atoms with Crippen LogP contribution in [-0.2, 0) is 0 Å². The van der Waals surface area contributed by atoms with E-state index in [1.807, 2.05) is 22.6 Å². The summed E-state index contributed by atoms with van der Waals surface area (Å²) in [4.78, 5) is 0. The molecule has 2 rings (SSSR count). The Morgan fingerprint density at radius 3 is 2.05 bits per heavy atom. The second-order valence-corrected chi connectivity index (χ2v) is 5.33. The molecule has 0 aliphatic rings. The molecule has 0 saturated heterocycles. The molecule has 106 valence electrons. The van der Waals surface area contributed by atoms with E-state index in [-0.39, 0.29) is 5.56 Å². The van der Waals surface area contributed by atoms with Crippen LogP contribution in [0, 0.1) is 26.8 Å². The first-order chi connectivity index (χ1) is 9.43. The molecule has 0 spiro atoms. The Morgan fingerprint density at radius 1 is 0.950 bits per heavy atom. The van der Waals surface area contributed by atoms with Crippen molar-refractivity contribution in [1.82, 2.24) is 5.32 Å². The van der Waals surface area contributed by atoms with E-state index < -0.39 is 29.3 Å². The van der Waals surface area contributed by atoms with E-state index in [1.165, 1.54) is 25.2 Å². The minimum Gasteiger partial charge on any atom is -0.309 e. The van der Waals surface area contributed by atoms with Crippen molar-refractivity contribution < 1.29 is 17.6 Å². The summed E-state index contributed by atoms with van der Waals surface area (Å²) in [5.74, 6) is -3.38. The summed E-state index contributed by atoms with van der Waals surface area (Å²) in [6.07, 6.45) is 0. The highest BCUT2D eigenvalue weighted by Gasteiger charge is 2.23. The lowest BCUT2D eigenvalue weighted by Crippen LogP contribution is -2.21. The number of hydrogen-bond donors (Lipinski definition) is 1. The van der Waals surface area contributed by atoms with Gasteiger partial charge < -0.3 is 5.32 Å². The van der Waals surface area contributed by atoms with E-state index in [1.54, 1.807) is 0 Å². The van der Waals surface area contributed by atoms with Crippen LogP contribution in [0.15, 0.2) is 30.3 Å². The largest absolute Gasteiger partial charge is 0.309 e. The zero-order chi connectivity index (χ0) is 14.9. The van der Waals surface area contributed by atoms with E-state index >= 15 is 0 Å². The van der Waals surface area contributed by atoms with Gasteiger partial charge in [-0.3, -0.25) is 0 Å². The van der Waals surface area contributed by atoms with Crippen LogP contribution in [0.3, 0.4) is 0 Å². The molecule has 0 radical (unpaired) electrons. The van der Waals surface area contributed by atoms with Gasteiger partial charge in [0.05, 0.1) is 6.04 Å². The minimum atomic E-state index is -0.984. The molecule has 6 heteroatoms. The molecule has 1 atom stereocenters. The summed E-state index contributed by atoms with van der Waals surface area (Å²) in [6, 6.07) is 4.34. The lowest BCUT2D eigenvalue weighted by molar-refractivity contribution is 0.499. The zero-order valence-electron chi connectivity index (χ0n) is 10.4. The van der Waals surface area contributed by atoms with Crippen LogP contribution in [-0.4, -0.2) is 7.05 Å². The second-order valence-electron chi connectivity index (χ2n) is 4.17. The number of hydrogen-bond acceptors (Lipinski definition) is 1. The van der Waals surface area contributed by atoms with Crippen molar-refractivity contribution in [2.45, 2.75) is 6.04 Å². The smallest absolute Gasteiger partial charge is 0.134 e. The molecule has 0 aliphatic heterocycles. The second kappa shape index (κ2) is 6.09. The lowest BCUT2D eigenvalue weighted by atomic mass is 9.97. The summed E-state index contributed by atoms with van der Waals surface area (Å²) in [7, 11) is 1.52. The topological polar surface area (TPSA) is 12.0 Å². The van der Waals surface area contributed by atoms with Gasteiger partial charge in [0.2, 0.25) is 0 Å². The van der Waals surface area contributed by atoms with Crippen molar-refractivity contribution in [2.75, 3.05) is 7.05 Å². The van der Waals surface area contributed by atoms with Crippen LogP contribution in [0.1, 0.15) is 17.2 Å². The van der Waals surface area contributed by atoms with Crippen LogP contribution in [0.5, 0.6) is 0 Å². The summed E-state index contributed by atoms with van der Waals surface area (Å²) < 4.78 is 54.3. The van der Waals surface area contributed by atoms with E-state index in [0.717, 1.165) is 0 Å². The van der Waals surface area contributed by atoms with E-state index in [0.29, 0.717) is 21.3 Å². The molecule has 0 aliphatic carbocycles. The standard InChI is InChI=1S/C14H10F4IN/c1-20-14(9-3-2-7(15)6-12(9)19)13-10(17)4-8(16)5-11(13)18/h2-6,14,20H,1H3.